The van der Waals surface area contributed by atoms with E-state index in [4.69, 9.17) is 0 Å². The van der Waals surface area contributed by atoms with Crippen molar-refractivity contribution in [3.8, 4) is 10.6 Å². The molecule has 0 aliphatic heterocycles. The van der Waals surface area contributed by atoms with Gasteiger partial charge in [-0.1, -0.05) is 0 Å². The number of benzene rings is 2. The molecule has 0 unspecified atom stereocenters. The molecular formula is C13H7F2NS. The lowest BCUT2D eigenvalue weighted by molar-refractivity contribution is 0.628. The molecule has 0 aliphatic rings. The van der Waals surface area contributed by atoms with E-state index in [-0.39, 0.29) is 11.6 Å². The first-order chi connectivity index (χ1) is 8.22. The maximum absolute atomic E-state index is 13.0. The minimum atomic E-state index is -0.277. The number of hydrogen-bond acceptors (Lipinski definition) is 2. The van der Waals surface area contributed by atoms with Gasteiger partial charge < -0.3 is 0 Å². The molecule has 1 nitrogen and oxygen atoms in total. The Labute approximate surface area is 100 Å². The Morgan fingerprint density at radius 3 is 2.35 bits per heavy atom. The van der Waals surface area contributed by atoms with Gasteiger partial charge in [-0.15, -0.1) is 11.3 Å². The molecule has 0 aliphatic carbocycles. The van der Waals surface area contributed by atoms with Crippen molar-refractivity contribution >= 4 is 21.6 Å². The average Bonchev–Trinajstić information content (AvgIpc) is 2.72. The van der Waals surface area contributed by atoms with Crippen molar-refractivity contribution in [2.75, 3.05) is 0 Å². The van der Waals surface area contributed by atoms with E-state index in [1.165, 1.54) is 35.6 Å². The molecule has 4 heteroatoms. The summed E-state index contributed by atoms with van der Waals surface area (Å²) in [5.41, 5.74) is 1.60. The van der Waals surface area contributed by atoms with E-state index in [2.05, 4.69) is 4.98 Å². The number of fused-ring (bicyclic) bond motifs is 1. The second-order valence-corrected chi connectivity index (χ2v) is 4.67. The molecule has 0 fully saturated rings. The summed E-state index contributed by atoms with van der Waals surface area (Å²) in [4.78, 5) is 4.38. The molecule has 0 spiro atoms. The Kier molecular flexibility index (Phi) is 2.37. The number of hydrogen-bond donors (Lipinski definition) is 0. The second-order valence-electron chi connectivity index (χ2n) is 3.64. The highest BCUT2D eigenvalue weighted by Gasteiger charge is 2.06. The molecule has 0 N–H and O–H groups in total. The summed E-state index contributed by atoms with van der Waals surface area (Å²) in [5.74, 6) is -0.548. The van der Waals surface area contributed by atoms with Crippen LogP contribution in [0.2, 0.25) is 0 Å². The Morgan fingerprint density at radius 2 is 1.59 bits per heavy atom. The summed E-state index contributed by atoms with van der Waals surface area (Å²) in [5, 5.41) is 0.769. The van der Waals surface area contributed by atoms with Gasteiger partial charge in [-0.05, 0) is 42.5 Å². The van der Waals surface area contributed by atoms with Gasteiger partial charge in [0.1, 0.15) is 16.6 Å². The number of nitrogens with zero attached hydrogens (tertiary/aromatic N) is 1. The van der Waals surface area contributed by atoms with Gasteiger partial charge in [-0.3, -0.25) is 0 Å². The molecule has 17 heavy (non-hydrogen) atoms. The summed E-state index contributed by atoms with van der Waals surface area (Å²) in [6, 6.07) is 10.6. The zero-order valence-corrected chi connectivity index (χ0v) is 9.47. The third-order valence-electron chi connectivity index (χ3n) is 2.44. The lowest BCUT2D eigenvalue weighted by Gasteiger charge is -1.94. The lowest BCUT2D eigenvalue weighted by Crippen LogP contribution is -1.77. The van der Waals surface area contributed by atoms with E-state index in [0.29, 0.717) is 0 Å². The summed E-state index contributed by atoms with van der Waals surface area (Å²) >= 11 is 1.40. The van der Waals surface area contributed by atoms with Crippen molar-refractivity contribution in [2.24, 2.45) is 0 Å². The van der Waals surface area contributed by atoms with Crippen LogP contribution in [-0.4, -0.2) is 4.98 Å². The third-order valence-corrected chi connectivity index (χ3v) is 3.51. The quantitative estimate of drug-likeness (QED) is 0.626. The van der Waals surface area contributed by atoms with Crippen LogP contribution < -0.4 is 0 Å². The van der Waals surface area contributed by atoms with Gasteiger partial charge in [0.2, 0.25) is 0 Å². The van der Waals surface area contributed by atoms with Crippen LogP contribution in [0.15, 0.2) is 42.5 Å². The first-order valence-corrected chi connectivity index (χ1v) is 5.86. The number of halogens is 2. The van der Waals surface area contributed by atoms with Gasteiger partial charge in [-0.2, -0.15) is 0 Å². The van der Waals surface area contributed by atoms with Gasteiger partial charge in [-0.25, -0.2) is 13.8 Å². The molecule has 2 aromatic carbocycles. The molecule has 0 bridgehead atoms. The van der Waals surface area contributed by atoms with E-state index in [9.17, 15) is 8.78 Å². The zero-order chi connectivity index (χ0) is 11.8. The fourth-order valence-corrected chi connectivity index (χ4v) is 2.61. The second kappa shape index (κ2) is 3.89. The van der Waals surface area contributed by atoms with E-state index in [0.717, 1.165) is 20.8 Å². The van der Waals surface area contributed by atoms with Crippen LogP contribution in [0, 0.1) is 11.6 Å². The van der Waals surface area contributed by atoms with Gasteiger partial charge in [0, 0.05) is 5.56 Å². The summed E-state index contributed by atoms with van der Waals surface area (Å²) in [7, 11) is 0. The van der Waals surface area contributed by atoms with Crippen LogP contribution in [0.3, 0.4) is 0 Å². The van der Waals surface area contributed by atoms with E-state index in [1.54, 1.807) is 18.2 Å². The highest BCUT2D eigenvalue weighted by molar-refractivity contribution is 7.21. The van der Waals surface area contributed by atoms with Gasteiger partial charge >= 0.3 is 0 Å². The van der Waals surface area contributed by atoms with Crippen molar-refractivity contribution in [2.45, 2.75) is 0 Å². The van der Waals surface area contributed by atoms with Crippen molar-refractivity contribution in [1.29, 1.82) is 0 Å². The minimum absolute atomic E-state index is 0.271. The predicted molar refractivity (Wildman–Crippen MR) is 65.0 cm³/mol. The fraction of sp³-hybridized carbons (Fsp3) is 0. The van der Waals surface area contributed by atoms with E-state index < -0.39 is 0 Å². The van der Waals surface area contributed by atoms with Crippen molar-refractivity contribution in [3.05, 3.63) is 54.1 Å². The Bertz CT molecular complexity index is 673. The molecular weight excluding hydrogens is 240 g/mol. The maximum atomic E-state index is 13.0. The normalized spacial score (nSPS) is 10.9. The SMILES string of the molecule is Fc1ccc(-c2nc3ccc(F)cc3s2)cc1. The van der Waals surface area contributed by atoms with Crippen LogP contribution in [0.5, 0.6) is 0 Å². The van der Waals surface area contributed by atoms with Crippen molar-refractivity contribution < 1.29 is 8.78 Å². The van der Waals surface area contributed by atoms with Gasteiger partial charge in [0.25, 0.3) is 0 Å². The van der Waals surface area contributed by atoms with E-state index >= 15 is 0 Å². The largest absolute Gasteiger partial charge is 0.236 e. The lowest BCUT2D eigenvalue weighted by atomic mass is 10.2. The van der Waals surface area contributed by atoms with Crippen molar-refractivity contribution in [3.63, 3.8) is 0 Å². The van der Waals surface area contributed by atoms with Crippen LogP contribution in [0.4, 0.5) is 8.78 Å². The van der Waals surface area contributed by atoms with Crippen molar-refractivity contribution in [1.82, 2.24) is 4.98 Å². The fourth-order valence-electron chi connectivity index (χ4n) is 1.61. The topological polar surface area (TPSA) is 12.9 Å². The number of rotatable bonds is 1. The van der Waals surface area contributed by atoms with Crippen LogP contribution in [0.25, 0.3) is 20.8 Å². The molecule has 0 saturated heterocycles. The van der Waals surface area contributed by atoms with Crippen LogP contribution in [-0.2, 0) is 0 Å². The molecule has 0 saturated carbocycles. The van der Waals surface area contributed by atoms with Gasteiger partial charge in [0.05, 0.1) is 10.2 Å². The molecule has 84 valence electrons. The summed E-state index contributed by atoms with van der Waals surface area (Å²) in [6.07, 6.45) is 0. The highest BCUT2D eigenvalue weighted by atomic mass is 32.1. The molecule has 0 amide bonds. The monoisotopic (exact) mass is 247 g/mol. The molecule has 0 radical (unpaired) electrons. The average molecular weight is 247 g/mol. The molecule has 3 rings (SSSR count). The first-order valence-electron chi connectivity index (χ1n) is 5.04. The zero-order valence-electron chi connectivity index (χ0n) is 8.65. The summed E-state index contributed by atoms with van der Waals surface area (Å²) in [6.45, 7) is 0. The minimum Gasteiger partial charge on any atom is -0.236 e. The number of aromatic nitrogens is 1. The van der Waals surface area contributed by atoms with Gasteiger partial charge in [0.15, 0.2) is 0 Å². The molecule has 3 aromatic rings. The highest BCUT2D eigenvalue weighted by Crippen LogP contribution is 2.30. The predicted octanol–water partition coefficient (Wildman–Crippen LogP) is 4.24. The van der Waals surface area contributed by atoms with E-state index in [1.807, 2.05) is 0 Å². The molecule has 0 atom stereocenters. The first kappa shape index (κ1) is 10.4. The Hall–Kier alpha value is -1.81. The molecule has 1 heterocycles. The Morgan fingerprint density at radius 1 is 0.882 bits per heavy atom. The standard InChI is InChI=1S/C13H7F2NS/c14-9-3-1-8(2-4-9)13-16-11-6-5-10(15)7-12(11)17-13/h1-7H. The Balaban J connectivity index is 2.14. The van der Waals surface area contributed by atoms with Crippen LogP contribution in [0.1, 0.15) is 0 Å². The molecule has 1 aromatic heterocycles. The summed E-state index contributed by atoms with van der Waals surface area (Å²) < 4.78 is 26.6. The third kappa shape index (κ3) is 1.91. The number of thiazole rings is 1. The maximum Gasteiger partial charge on any atom is 0.124 e. The smallest absolute Gasteiger partial charge is 0.124 e. The van der Waals surface area contributed by atoms with Crippen LogP contribution >= 0.6 is 11.3 Å².